The van der Waals surface area contributed by atoms with Crippen LogP contribution in [0.4, 0.5) is 5.69 Å². The van der Waals surface area contributed by atoms with E-state index >= 15 is 0 Å². The molecule has 1 aromatic carbocycles. The topological polar surface area (TPSA) is 79.5 Å². The highest BCUT2D eigenvalue weighted by Crippen LogP contribution is 2.11. The Morgan fingerprint density at radius 2 is 2.00 bits per heavy atom. The molecule has 0 saturated heterocycles. The normalized spacial score (nSPS) is 11.4. The summed E-state index contributed by atoms with van der Waals surface area (Å²) in [6.07, 6.45) is 1.71. The molecule has 2 N–H and O–H groups in total. The zero-order valence-corrected chi connectivity index (χ0v) is 10.7. The summed E-state index contributed by atoms with van der Waals surface area (Å²) in [5, 5.41) is 18.5. The van der Waals surface area contributed by atoms with E-state index in [1.807, 2.05) is 0 Å². The van der Waals surface area contributed by atoms with Gasteiger partial charge in [0.05, 0.1) is 5.71 Å². The molecule has 6 nitrogen and oxygen atoms in total. The molecule has 1 amide bonds. The third-order valence-electron chi connectivity index (χ3n) is 2.66. The summed E-state index contributed by atoms with van der Waals surface area (Å²) in [6, 6.07) is 8.66. The van der Waals surface area contributed by atoms with Gasteiger partial charge in [0.15, 0.2) is 5.69 Å². The summed E-state index contributed by atoms with van der Waals surface area (Å²) in [5.74, 6) is -0.263. The number of oxime groups is 1. The number of aryl methyl sites for hydroxylation is 1. The van der Waals surface area contributed by atoms with E-state index in [0.717, 1.165) is 5.56 Å². The van der Waals surface area contributed by atoms with Gasteiger partial charge in [-0.05, 0) is 30.7 Å². The van der Waals surface area contributed by atoms with Gasteiger partial charge in [0.1, 0.15) is 0 Å². The van der Waals surface area contributed by atoms with Gasteiger partial charge in [-0.3, -0.25) is 9.48 Å². The van der Waals surface area contributed by atoms with Crippen molar-refractivity contribution < 1.29 is 10.0 Å². The summed E-state index contributed by atoms with van der Waals surface area (Å²) in [6.45, 7) is 1.70. The number of carbonyl (C=O) groups is 1. The monoisotopic (exact) mass is 258 g/mol. The Hall–Kier alpha value is -2.63. The van der Waals surface area contributed by atoms with Crippen LogP contribution >= 0.6 is 0 Å². The van der Waals surface area contributed by atoms with Crippen molar-refractivity contribution in [1.82, 2.24) is 9.78 Å². The second-order valence-corrected chi connectivity index (χ2v) is 4.09. The Morgan fingerprint density at radius 1 is 1.32 bits per heavy atom. The summed E-state index contributed by atoms with van der Waals surface area (Å²) >= 11 is 0. The van der Waals surface area contributed by atoms with Crippen molar-refractivity contribution in [2.24, 2.45) is 12.2 Å². The minimum absolute atomic E-state index is 0.263. The first-order valence-electron chi connectivity index (χ1n) is 5.70. The van der Waals surface area contributed by atoms with Crippen LogP contribution in [0.5, 0.6) is 0 Å². The van der Waals surface area contributed by atoms with E-state index < -0.39 is 0 Å². The quantitative estimate of drug-likeness (QED) is 0.501. The standard InChI is InChI=1S/C13H14N4O2/c1-9(16-19)10-3-5-11(6-4-10)14-13(18)12-7-8-17(2)15-12/h3-8,19H,1-2H3,(H,14,18)/b16-9-. The molecule has 0 atom stereocenters. The third kappa shape index (κ3) is 2.98. The van der Waals surface area contributed by atoms with E-state index in [9.17, 15) is 4.79 Å². The number of anilines is 1. The van der Waals surface area contributed by atoms with Gasteiger partial charge >= 0.3 is 0 Å². The highest BCUT2D eigenvalue weighted by Gasteiger charge is 2.09. The van der Waals surface area contributed by atoms with Crippen LogP contribution < -0.4 is 5.32 Å². The number of nitrogens with one attached hydrogen (secondary N) is 1. The maximum absolute atomic E-state index is 11.9. The third-order valence-corrected chi connectivity index (χ3v) is 2.66. The van der Waals surface area contributed by atoms with Crippen molar-refractivity contribution in [1.29, 1.82) is 0 Å². The van der Waals surface area contributed by atoms with Gasteiger partial charge in [0.25, 0.3) is 5.91 Å². The average molecular weight is 258 g/mol. The number of hydrogen-bond acceptors (Lipinski definition) is 4. The van der Waals surface area contributed by atoms with Crippen molar-refractivity contribution in [3.63, 3.8) is 0 Å². The molecular weight excluding hydrogens is 244 g/mol. The van der Waals surface area contributed by atoms with E-state index in [0.29, 0.717) is 17.1 Å². The Morgan fingerprint density at radius 3 is 2.53 bits per heavy atom. The second-order valence-electron chi connectivity index (χ2n) is 4.09. The van der Waals surface area contributed by atoms with Gasteiger partial charge in [-0.1, -0.05) is 17.3 Å². The molecule has 2 rings (SSSR count). The first-order chi connectivity index (χ1) is 9.10. The largest absolute Gasteiger partial charge is 0.411 e. The summed E-state index contributed by atoms with van der Waals surface area (Å²) in [5.41, 5.74) is 2.32. The van der Waals surface area contributed by atoms with E-state index in [-0.39, 0.29) is 5.91 Å². The number of hydrogen-bond donors (Lipinski definition) is 2. The Kier molecular flexibility index (Phi) is 3.61. The van der Waals surface area contributed by atoms with E-state index in [1.54, 1.807) is 55.2 Å². The minimum atomic E-state index is -0.263. The Bertz CT molecular complexity index is 614. The van der Waals surface area contributed by atoms with Crippen LogP contribution in [0.1, 0.15) is 23.0 Å². The molecule has 0 fully saturated rings. The van der Waals surface area contributed by atoms with Gasteiger partial charge in [0.2, 0.25) is 0 Å². The fourth-order valence-electron chi connectivity index (χ4n) is 1.58. The maximum Gasteiger partial charge on any atom is 0.276 e. The van der Waals surface area contributed by atoms with Crippen molar-refractivity contribution in [3.8, 4) is 0 Å². The van der Waals surface area contributed by atoms with Gasteiger partial charge in [-0.15, -0.1) is 0 Å². The lowest BCUT2D eigenvalue weighted by molar-refractivity contribution is 0.102. The molecule has 1 heterocycles. The van der Waals surface area contributed by atoms with E-state index in [2.05, 4.69) is 15.6 Å². The fraction of sp³-hybridized carbons (Fsp3) is 0.154. The number of benzene rings is 1. The molecule has 98 valence electrons. The molecule has 0 radical (unpaired) electrons. The first kappa shape index (κ1) is 12.8. The summed E-state index contributed by atoms with van der Waals surface area (Å²) < 4.78 is 1.57. The lowest BCUT2D eigenvalue weighted by atomic mass is 10.1. The zero-order valence-electron chi connectivity index (χ0n) is 10.7. The summed E-state index contributed by atoms with van der Waals surface area (Å²) in [7, 11) is 1.75. The van der Waals surface area contributed by atoms with Crippen molar-refractivity contribution in [3.05, 3.63) is 47.8 Å². The Labute approximate surface area is 110 Å². The first-order valence-corrected chi connectivity index (χ1v) is 5.70. The minimum Gasteiger partial charge on any atom is -0.411 e. The molecule has 0 aliphatic heterocycles. The molecule has 0 bridgehead atoms. The van der Waals surface area contributed by atoms with Crippen molar-refractivity contribution in [2.45, 2.75) is 6.92 Å². The lowest BCUT2D eigenvalue weighted by Gasteiger charge is -2.04. The predicted octanol–water partition coefficient (Wildman–Crippen LogP) is 1.87. The van der Waals surface area contributed by atoms with Crippen LogP contribution in [0.25, 0.3) is 0 Å². The molecule has 1 aromatic heterocycles. The van der Waals surface area contributed by atoms with Gasteiger partial charge in [0, 0.05) is 18.9 Å². The maximum atomic E-state index is 11.9. The highest BCUT2D eigenvalue weighted by atomic mass is 16.4. The van der Waals surface area contributed by atoms with Crippen molar-refractivity contribution in [2.75, 3.05) is 5.32 Å². The second kappa shape index (κ2) is 5.34. The van der Waals surface area contributed by atoms with Crippen LogP contribution in [0.3, 0.4) is 0 Å². The lowest BCUT2D eigenvalue weighted by Crippen LogP contribution is -2.13. The summed E-state index contributed by atoms with van der Waals surface area (Å²) in [4.78, 5) is 11.9. The number of carbonyl (C=O) groups excluding carboxylic acids is 1. The van der Waals surface area contributed by atoms with Gasteiger partial charge < -0.3 is 10.5 Å². The van der Waals surface area contributed by atoms with Crippen LogP contribution in [-0.2, 0) is 7.05 Å². The molecule has 0 unspecified atom stereocenters. The van der Waals surface area contributed by atoms with Crippen LogP contribution in [0.15, 0.2) is 41.7 Å². The molecular formula is C13H14N4O2. The van der Waals surface area contributed by atoms with Gasteiger partial charge in [-0.25, -0.2) is 0 Å². The number of rotatable bonds is 3. The number of amides is 1. The van der Waals surface area contributed by atoms with Crippen LogP contribution in [0.2, 0.25) is 0 Å². The van der Waals surface area contributed by atoms with E-state index in [4.69, 9.17) is 5.21 Å². The smallest absolute Gasteiger partial charge is 0.276 e. The van der Waals surface area contributed by atoms with Gasteiger partial charge in [-0.2, -0.15) is 5.10 Å². The zero-order chi connectivity index (χ0) is 13.8. The predicted molar refractivity (Wildman–Crippen MR) is 71.6 cm³/mol. The van der Waals surface area contributed by atoms with Crippen LogP contribution in [0, 0.1) is 0 Å². The van der Waals surface area contributed by atoms with Crippen molar-refractivity contribution >= 4 is 17.3 Å². The molecule has 19 heavy (non-hydrogen) atoms. The number of nitrogens with zero attached hydrogens (tertiary/aromatic N) is 3. The molecule has 0 spiro atoms. The fourth-order valence-corrected chi connectivity index (χ4v) is 1.58. The molecule has 0 aliphatic carbocycles. The highest BCUT2D eigenvalue weighted by molar-refractivity contribution is 6.03. The van der Waals surface area contributed by atoms with E-state index in [1.165, 1.54) is 0 Å². The molecule has 2 aromatic rings. The number of aromatic nitrogens is 2. The molecule has 0 aliphatic rings. The molecule has 6 heteroatoms. The average Bonchev–Trinajstić information content (AvgIpc) is 2.85. The van der Waals surface area contributed by atoms with Crippen LogP contribution in [-0.4, -0.2) is 26.6 Å². The Balaban J connectivity index is 2.10. The SMILES string of the molecule is C/C(=N/O)c1ccc(NC(=O)c2ccn(C)n2)cc1. The molecule has 0 saturated carbocycles.